The highest BCUT2D eigenvalue weighted by Gasteiger charge is 2.16. The number of hydrogen-bond donors (Lipinski definition) is 0. The number of nitrogens with zero attached hydrogens (tertiary/aromatic N) is 3. The Hall–Kier alpha value is -2.88. The van der Waals surface area contributed by atoms with E-state index in [1.165, 1.54) is 0 Å². The number of benzene rings is 1. The summed E-state index contributed by atoms with van der Waals surface area (Å²) in [6.07, 6.45) is 3.41. The van der Waals surface area contributed by atoms with E-state index in [0.29, 0.717) is 5.88 Å². The quantitative estimate of drug-likeness (QED) is 0.553. The van der Waals surface area contributed by atoms with Crippen LogP contribution in [-0.4, -0.2) is 14.5 Å². The van der Waals surface area contributed by atoms with Crippen molar-refractivity contribution in [3.63, 3.8) is 0 Å². The van der Waals surface area contributed by atoms with Crippen molar-refractivity contribution in [3.8, 4) is 17.3 Å². The lowest BCUT2D eigenvalue weighted by Gasteiger charge is -2.04. The fourth-order valence-electron chi connectivity index (χ4n) is 2.30. The van der Waals surface area contributed by atoms with E-state index in [4.69, 9.17) is 4.42 Å². The lowest BCUT2D eigenvalue weighted by Crippen LogP contribution is -1.96. The van der Waals surface area contributed by atoms with Crippen LogP contribution in [0.15, 0.2) is 71.5 Å². The Balaban J connectivity index is 2.08. The Morgan fingerprint density at radius 3 is 2.60 bits per heavy atom. The van der Waals surface area contributed by atoms with E-state index < -0.39 is 0 Å². The topological polar surface area (TPSA) is 43.9 Å². The van der Waals surface area contributed by atoms with E-state index in [1.807, 2.05) is 59.2 Å². The highest BCUT2D eigenvalue weighted by Crippen LogP contribution is 2.27. The summed E-state index contributed by atoms with van der Waals surface area (Å²) < 4.78 is 7.47. The van der Waals surface area contributed by atoms with Gasteiger partial charge < -0.3 is 4.42 Å². The largest absolute Gasteiger partial charge is 0.448 e. The molecule has 0 spiro atoms. The molecule has 0 N–H and O–H groups in total. The molecule has 3 heterocycles. The molecule has 0 amide bonds. The summed E-state index contributed by atoms with van der Waals surface area (Å²) in [6, 6.07) is 17.6. The number of hydrogen-bond acceptors (Lipinski definition) is 3. The third-order valence-electron chi connectivity index (χ3n) is 3.17. The van der Waals surface area contributed by atoms with Gasteiger partial charge in [-0.3, -0.25) is 0 Å². The average molecular weight is 261 g/mol. The highest BCUT2D eigenvalue weighted by atomic mass is 16.3. The minimum Gasteiger partial charge on any atom is -0.448 e. The fraction of sp³-hybridized carbons (Fsp3) is 0. The molecule has 0 bridgehead atoms. The molecule has 0 fully saturated rings. The van der Waals surface area contributed by atoms with Crippen LogP contribution in [0.5, 0.6) is 0 Å². The van der Waals surface area contributed by atoms with Gasteiger partial charge in [-0.25, -0.2) is 14.5 Å². The van der Waals surface area contributed by atoms with Crippen LogP contribution < -0.4 is 0 Å². The summed E-state index contributed by atoms with van der Waals surface area (Å²) in [5, 5.41) is 0. The summed E-state index contributed by atoms with van der Waals surface area (Å²) >= 11 is 0. The Morgan fingerprint density at radius 2 is 1.80 bits per heavy atom. The third kappa shape index (κ3) is 1.62. The zero-order valence-corrected chi connectivity index (χ0v) is 10.6. The maximum atomic E-state index is 5.53. The lowest BCUT2D eigenvalue weighted by molar-refractivity contribution is 0.542. The summed E-state index contributed by atoms with van der Waals surface area (Å²) in [5.74, 6) is 1.54. The predicted octanol–water partition coefficient (Wildman–Crippen LogP) is 3.68. The van der Waals surface area contributed by atoms with Crippen LogP contribution in [0.1, 0.15) is 0 Å². The molecule has 0 aliphatic carbocycles. The zero-order valence-electron chi connectivity index (χ0n) is 10.6. The van der Waals surface area contributed by atoms with Gasteiger partial charge in [-0.2, -0.15) is 0 Å². The highest BCUT2D eigenvalue weighted by molar-refractivity contribution is 5.79. The summed E-state index contributed by atoms with van der Waals surface area (Å²) in [4.78, 5) is 9.10. The van der Waals surface area contributed by atoms with Gasteiger partial charge in [-0.1, -0.05) is 30.3 Å². The van der Waals surface area contributed by atoms with Crippen LogP contribution in [0.3, 0.4) is 0 Å². The van der Waals surface area contributed by atoms with Gasteiger partial charge in [0.2, 0.25) is 5.88 Å². The Labute approximate surface area is 115 Å². The smallest absolute Gasteiger partial charge is 0.206 e. The van der Waals surface area contributed by atoms with Gasteiger partial charge in [0.15, 0.2) is 5.65 Å². The van der Waals surface area contributed by atoms with Crippen molar-refractivity contribution in [3.05, 3.63) is 67.1 Å². The van der Waals surface area contributed by atoms with Crippen LogP contribution >= 0.6 is 0 Å². The number of rotatable bonds is 2. The van der Waals surface area contributed by atoms with Crippen molar-refractivity contribution in [2.45, 2.75) is 0 Å². The molecule has 4 aromatic rings. The van der Waals surface area contributed by atoms with Gasteiger partial charge in [-0.15, -0.1) is 0 Å². The lowest BCUT2D eigenvalue weighted by atomic mass is 10.2. The second kappa shape index (κ2) is 4.35. The second-order valence-electron chi connectivity index (χ2n) is 4.43. The SMILES string of the molecule is c1ccc(-c2nc3cccnc3n2-c2ccco2)cc1. The molecule has 4 heteroatoms. The van der Waals surface area contributed by atoms with Crippen LogP contribution in [-0.2, 0) is 0 Å². The number of imidazole rings is 1. The Kier molecular flexibility index (Phi) is 2.39. The molecule has 0 radical (unpaired) electrons. The van der Waals surface area contributed by atoms with Gasteiger partial charge in [0.1, 0.15) is 11.3 Å². The number of furan rings is 1. The van der Waals surface area contributed by atoms with Crippen molar-refractivity contribution in [2.24, 2.45) is 0 Å². The van der Waals surface area contributed by atoms with E-state index in [1.54, 1.807) is 12.5 Å². The van der Waals surface area contributed by atoms with E-state index in [2.05, 4.69) is 9.97 Å². The van der Waals surface area contributed by atoms with Gasteiger partial charge in [0.05, 0.1) is 6.26 Å². The first-order valence-corrected chi connectivity index (χ1v) is 6.36. The molecule has 20 heavy (non-hydrogen) atoms. The molecular formula is C16H11N3O. The normalized spacial score (nSPS) is 11.0. The van der Waals surface area contributed by atoms with Crippen LogP contribution in [0, 0.1) is 0 Å². The molecular weight excluding hydrogens is 250 g/mol. The molecule has 96 valence electrons. The zero-order chi connectivity index (χ0) is 13.4. The van der Waals surface area contributed by atoms with E-state index in [0.717, 1.165) is 22.6 Å². The maximum Gasteiger partial charge on any atom is 0.206 e. The minimum absolute atomic E-state index is 0.713. The molecule has 0 saturated heterocycles. The average Bonchev–Trinajstić information content (AvgIpc) is 3.14. The molecule has 4 nitrogen and oxygen atoms in total. The Bertz CT molecular complexity index is 848. The first-order valence-electron chi connectivity index (χ1n) is 6.36. The standard InChI is InChI=1S/C16H11N3O/c1-2-6-12(7-3-1)15-18-13-8-4-10-17-16(13)19(15)14-9-5-11-20-14/h1-11H. The maximum absolute atomic E-state index is 5.53. The van der Waals surface area contributed by atoms with E-state index in [-0.39, 0.29) is 0 Å². The Morgan fingerprint density at radius 1 is 0.900 bits per heavy atom. The monoisotopic (exact) mass is 261 g/mol. The molecule has 0 aliphatic rings. The van der Waals surface area contributed by atoms with Crippen LogP contribution in [0.4, 0.5) is 0 Å². The fourth-order valence-corrected chi connectivity index (χ4v) is 2.30. The van der Waals surface area contributed by atoms with E-state index in [9.17, 15) is 0 Å². The van der Waals surface area contributed by atoms with Gasteiger partial charge >= 0.3 is 0 Å². The number of fused-ring (bicyclic) bond motifs is 1. The van der Waals surface area contributed by atoms with Gasteiger partial charge in [0, 0.05) is 17.8 Å². The first kappa shape index (κ1) is 11.0. The number of aromatic nitrogens is 3. The number of pyridine rings is 1. The van der Waals surface area contributed by atoms with Crippen molar-refractivity contribution in [1.29, 1.82) is 0 Å². The van der Waals surface area contributed by atoms with Gasteiger partial charge in [0.25, 0.3) is 0 Å². The molecule has 3 aromatic heterocycles. The van der Waals surface area contributed by atoms with Crippen molar-refractivity contribution in [1.82, 2.24) is 14.5 Å². The third-order valence-corrected chi connectivity index (χ3v) is 3.17. The molecule has 0 saturated carbocycles. The first-order chi connectivity index (χ1) is 9.93. The molecule has 0 aliphatic heterocycles. The van der Waals surface area contributed by atoms with E-state index >= 15 is 0 Å². The van der Waals surface area contributed by atoms with Crippen molar-refractivity contribution in [2.75, 3.05) is 0 Å². The van der Waals surface area contributed by atoms with Gasteiger partial charge in [-0.05, 0) is 18.2 Å². The van der Waals surface area contributed by atoms with Crippen LogP contribution in [0.25, 0.3) is 28.4 Å². The molecule has 1 aromatic carbocycles. The van der Waals surface area contributed by atoms with Crippen molar-refractivity contribution < 1.29 is 4.42 Å². The predicted molar refractivity (Wildman–Crippen MR) is 76.6 cm³/mol. The molecule has 0 atom stereocenters. The molecule has 4 rings (SSSR count). The second-order valence-corrected chi connectivity index (χ2v) is 4.43. The van der Waals surface area contributed by atoms with Crippen molar-refractivity contribution >= 4 is 11.2 Å². The summed E-state index contributed by atoms with van der Waals surface area (Å²) in [5.41, 5.74) is 2.67. The van der Waals surface area contributed by atoms with Crippen LogP contribution in [0.2, 0.25) is 0 Å². The summed E-state index contributed by atoms with van der Waals surface area (Å²) in [7, 11) is 0. The summed E-state index contributed by atoms with van der Waals surface area (Å²) in [6.45, 7) is 0. The molecule has 0 unspecified atom stereocenters. The minimum atomic E-state index is 0.713.